The molecule has 23 heavy (non-hydrogen) atoms. The molecule has 2 aromatic rings. The third kappa shape index (κ3) is 2.78. The summed E-state index contributed by atoms with van der Waals surface area (Å²) < 4.78 is 6.51. The lowest BCUT2D eigenvalue weighted by Gasteiger charge is -2.29. The summed E-state index contributed by atoms with van der Waals surface area (Å²) in [7, 11) is 3.88. The van der Waals surface area contributed by atoms with Gasteiger partial charge in [0.1, 0.15) is 5.75 Å². The highest BCUT2D eigenvalue weighted by Crippen LogP contribution is 2.44. The molecule has 0 aliphatic carbocycles. The van der Waals surface area contributed by atoms with Crippen LogP contribution in [0, 0.1) is 0 Å². The van der Waals surface area contributed by atoms with E-state index in [-0.39, 0.29) is 5.41 Å². The highest BCUT2D eigenvalue weighted by Gasteiger charge is 2.41. The quantitative estimate of drug-likeness (QED) is 0.728. The van der Waals surface area contributed by atoms with Gasteiger partial charge < -0.3 is 9.64 Å². The first kappa shape index (κ1) is 16.1. The zero-order valence-electron chi connectivity index (χ0n) is 14.0. The molecule has 1 atom stereocenters. The summed E-state index contributed by atoms with van der Waals surface area (Å²) >= 11 is 3.49. The Labute approximate surface area is 146 Å². The van der Waals surface area contributed by atoms with Crippen molar-refractivity contribution in [3.05, 3.63) is 64.1 Å². The number of anilines is 1. The Morgan fingerprint density at radius 2 is 1.91 bits per heavy atom. The van der Waals surface area contributed by atoms with Gasteiger partial charge in [0, 0.05) is 28.2 Å². The number of likely N-dealkylation sites (N-methyl/N-ethyl adjacent to an activating group) is 1. The van der Waals surface area contributed by atoms with Crippen molar-refractivity contribution < 1.29 is 4.74 Å². The van der Waals surface area contributed by atoms with Crippen LogP contribution in [0.4, 0.5) is 5.69 Å². The SMILES string of the molecule is COc1cc(Br)ccc1C=CC1N(C)c2ccccc2C1(C)C. The Balaban J connectivity index is 1.95. The van der Waals surface area contributed by atoms with Crippen molar-refractivity contribution in [3.63, 3.8) is 0 Å². The zero-order valence-corrected chi connectivity index (χ0v) is 15.6. The van der Waals surface area contributed by atoms with E-state index in [9.17, 15) is 0 Å². The number of fused-ring (bicyclic) bond motifs is 1. The molecular formula is C20H22BrNO. The second-order valence-corrected chi connectivity index (χ2v) is 7.46. The maximum absolute atomic E-state index is 5.49. The molecule has 0 amide bonds. The number of halogens is 1. The number of methoxy groups -OCH3 is 1. The van der Waals surface area contributed by atoms with Gasteiger partial charge in [0.25, 0.3) is 0 Å². The molecule has 1 aliphatic heterocycles. The molecule has 3 heteroatoms. The van der Waals surface area contributed by atoms with E-state index in [4.69, 9.17) is 4.74 Å². The van der Waals surface area contributed by atoms with E-state index in [1.54, 1.807) is 7.11 Å². The third-order valence-corrected chi connectivity index (χ3v) is 5.28. The highest BCUT2D eigenvalue weighted by atomic mass is 79.9. The van der Waals surface area contributed by atoms with Crippen molar-refractivity contribution in [3.8, 4) is 5.75 Å². The molecule has 0 saturated carbocycles. The van der Waals surface area contributed by atoms with Crippen LogP contribution < -0.4 is 9.64 Å². The summed E-state index contributed by atoms with van der Waals surface area (Å²) in [6.07, 6.45) is 4.45. The van der Waals surface area contributed by atoms with Gasteiger partial charge in [-0.05, 0) is 23.8 Å². The minimum absolute atomic E-state index is 0.0739. The monoisotopic (exact) mass is 371 g/mol. The predicted octanol–water partition coefficient (Wildman–Crippen LogP) is 5.27. The molecule has 0 N–H and O–H groups in total. The molecular weight excluding hydrogens is 350 g/mol. The number of rotatable bonds is 3. The van der Waals surface area contributed by atoms with Crippen molar-refractivity contribution >= 4 is 27.7 Å². The smallest absolute Gasteiger partial charge is 0.127 e. The molecule has 0 aromatic heterocycles. The van der Waals surface area contributed by atoms with Crippen molar-refractivity contribution in [1.29, 1.82) is 0 Å². The lowest BCUT2D eigenvalue weighted by Crippen LogP contribution is -2.37. The Kier molecular flexibility index (Phi) is 4.24. The second kappa shape index (κ2) is 6.04. The fourth-order valence-electron chi connectivity index (χ4n) is 3.51. The fraction of sp³-hybridized carbons (Fsp3) is 0.300. The van der Waals surface area contributed by atoms with Gasteiger partial charge in [-0.3, -0.25) is 0 Å². The number of hydrogen-bond donors (Lipinski definition) is 0. The van der Waals surface area contributed by atoms with E-state index in [1.807, 2.05) is 12.1 Å². The van der Waals surface area contributed by atoms with Crippen molar-refractivity contribution in [2.24, 2.45) is 0 Å². The summed E-state index contributed by atoms with van der Waals surface area (Å²) in [5.74, 6) is 0.881. The Hall–Kier alpha value is -1.74. The lowest BCUT2D eigenvalue weighted by atomic mass is 9.80. The molecule has 120 valence electrons. The molecule has 0 saturated heterocycles. The predicted molar refractivity (Wildman–Crippen MR) is 101 cm³/mol. The number of hydrogen-bond acceptors (Lipinski definition) is 2. The van der Waals surface area contributed by atoms with Crippen molar-refractivity contribution in [2.45, 2.75) is 25.3 Å². The van der Waals surface area contributed by atoms with Gasteiger partial charge in [-0.25, -0.2) is 0 Å². The van der Waals surface area contributed by atoms with Gasteiger partial charge >= 0.3 is 0 Å². The third-order valence-electron chi connectivity index (χ3n) is 4.79. The van der Waals surface area contributed by atoms with Crippen molar-refractivity contribution in [1.82, 2.24) is 0 Å². The van der Waals surface area contributed by atoms with E-state index in [0.717, 1.165) is 15.8 Å². The van der Waals surface area contributed by atoms with Crippen LogP contribution in [0.25, 0.3) is 6.08 Å². The van der Waals surface area contributed by atoms with Gasteiger partial charge in [-0.15, -0.1) is 0 Å². The van der Waals surface area contributed by atoms with E-state index in [1.165, 1.54) is 11.3 Å². The summed E-state index contributed by atoms with van der Waals surface area (Å²) in [6.45, 7) is 4.62. The van der Waals surface area contributed by atoms with Crippen LogP contribution >= 0.6 is 15.9 Å². The van der Waals surface area contributed by atoms with E-state index in [2.05, 4.69) is 84.2 Å². The Bertz CT molecular complexity index is 751. The first-order valence-electron chi connectivity index (χ1n) is 7.79. The summed E-state index contributed by atoms with van der Waals surface area (Å²) in [5.41, 5.74) is 3.88. The van der Waals surface area contributed by atoms with Crippen LogP contribution in [0.5, 0.6) is 5.75 Å². The van der Waals surface area contributed by atoms with E-state index < -0.39 is 0 Å². The average Bonchev–Trinajstić information content (AvgIpc) is 2.74. The zero-order chi connectivity index (χ0) is 16.6. The van der Waals surface area contributed by atoms with E-state index in [0.29, 0.717) is 6.04 Å². The summed E-state index contributed by atoms with van der Waals surface area (Å²) in [6, 6.07) is 15.1. The molecule has 0 spiro atoms. The first-order valence-corrected chi connectivity index (χ1v) is 8.58. The normalized spacial score (nSPS) is 19.2. The standard InChI is InChI=1S/C20H22BrNO/c1-20(2)16-7-5-6-8-17(16)22(3)19(20)12-10-14-9-11-15(21)13-18(14)23-4/h5-13,19H,1-4H3. The molecule has 2 nitrogen and oxygen atoms in total. The first-order chi connectivity index (χ1) is 10.9. The molecule has 1 aliphatic rings. The van der Waals surface area contributed by atoms with Gasteiger partial charge in [0.15, 0.2) is 0 Å². The second-order valence-electron chi connectivity index (χ2n) is 6.54. The molecule has 0 bridgehead atoms. The van der Waals surface area contributed by atoms with Gasteiger partial charge in [0.05, 0.1) is 13.2 Å². The van der Waals surface area contributed by atoms with Crippen LogP contribution in [-0.2, 0) is 5.41 Å². The van der Waals surface area contributed by atoms with Crippen LogP contribution in [0.3, 0.4) is 0 Å². The Morgan fingerprint density at radius 3 is 2.61 bits per heavy atom. The summed E-state index contributed by atoms with van der Waals surface area (Å²) in [5, 5.41) is 0. The molecule has 1 unspecified atom stereocenters. The van der Waals surface area contributed by atoms with Crippen molar-refractivity contribution in [2.75, 3.05) is 19.1 Å². The van der Waals surface area contributed by atoms with Crippen LogP contribution in [0.2, 0.25) is 0 Å². The maximum Gasteiger partial charge on any atom is 0.127 e. The van der Waals surface area contributed by atoms with Gasteiger partial charge in [-0.2, -0.15) is 0 Å². The van der Waals surface area contributed by atoms with Gasteiger partial charge in [-0.1, -0.05) is 66.2 Å². The summed E-state index contributed by atoms with van der Waals surface area (Å²) in [4.78, 5) is 2.36. The van der Waals surface area contributed by atoms with Crippen LogP contribution in [-0.4, -0.2) is 20.2 Å². The molecule has 0 radical (unpaired) electrons. The average molecular weight is 372 g/mol. The molecule has 3 rings (SSSR count). The number of ether oxygens (including phenoxy) is 1. The van der Waals surface area contributed by atoms with Crippen LogP contribution in [0.1, 0.15) is 25.0 Å². The Morgan fingerprint density at radius 1 is 1.17 bits per heavy atom. The number of nitrogens with zero attached hydrogens (tertiary/aromatic N) is 1. The molecule has 1 heterocycles. The van der Waals surface area contributed by atoms with Crippen LogP contribution in [0.15, 0.2) is 53.0 Å². The lowest BCUT2D eigenvalue weighted by molar-refractivity contribution is 0.413. The minimum atomic E-state index is 0.0739. The highest BCUT2D eigenvalue weighted by molar-refractivity contribution is 9.10. The van der Waals surface area contributed by atoms with Gasteiger partial charge in [0.2, 0.25) is 0 Å². The van der Waals surface area contributed by atoms with E-state index >= 15 is 0 Å². The molecule has 0 fully saturated rings. The topological polar surface area (TPSA) is 12.5 Å². The number of benzene rings is 2. The number of para-hydroxylation sites is 1. The largest absolute Gasteiger partial charge is 0.496 e. The maximum atomic E-state index is 5.49. The minimum Gasteiger partial charge on any atom is -0.496 e. The molecule has 2 aromatic carbocycles. The fourth-order valence-corrected chi connectivity index (χ4v) is 3.85.